The Morgan fingerprint density at radius 3 is 2.41 bits per heavy atom. The summed E-state index contributed by atoms with van der Waals surface area (Å²) in [5.74, 6) is 0.155. The number of para-hydroxylation sites is 1. The maximum atomic E-state index is 11.7. The lowest BCUT2D eigenvalue weighted by molar-refractivity contribution is 0.0697. The first-order valence-corrected chi connectivity index (χ1v) is 8.64. The van der Waals surface area contributed by atoms with E-state index in [0.717, 1.165) is 11.4 Å². The number of aromatic carboxylic acids is 1. The topological polar surface area (TPSA) is 76.4 Å². The Bertz CT molecular complexity index is 957. The molecule has 0 unspecified atom stereocenters. The molecule has 0 aliphatic rings. The Labute approximate surface area is 158 Å². The minimum atomic E-state index is -1.03. The lowest BCUT2D eigenvalue weighted by Crippen LogP contribution is -2.12. The van der Waals surface area contributed by atoms with Crippen LogP contribution in [0.25, 0.3) is 5.69 Å². The molecule has 1 heterocycles. The Kier molecular flexibility index (Phi) is 4.90. The largest absolute Gasteiger partial charge is 0.497 e. The number of aromatic nitrogens is 2. The van der Waals surface area contributed by atoms with Gasteiger partial charge in [0.1, 0.15) is 11.6 Å². The molecule has 27 heavy (non-hydrogen) atoms. The third-order valence-electron chi connectivity index (χ3n) is 4.20. The van der Waals surface area contributed by atoms with E-state index < -0.39 is 5.97 Å². The molecule has 0 aliphatic carbocycles. The SMILES string of the molecule is COc1ccc(Nc2cc(C(C)(C)C)nn2-c2ccccc2)c(C(=O)O)c1. The van der Waals surface area contributed by atoms with Gasteiger partial charge in [-0.3, -0.25) is 0 Å². The van der Waals surface area contributed by atoms with Crippen LogP contribution in [0.2, 0.25) is 0 Å². The fourth-order valence-electron chi connectivity index (χ4n) is 2.68. The number of rotatable bonds is 5. The Hall–Kier alpha value is -3.28. The monoisotopic (exact) mass is 365 g/mol. The number of hydrogen-bond donors (Lipinski definition) is 2. The lowest BCUT2D eigenvalue weighted by atomic mass is 9.92. The molecule has 2 aromatic carbocycles. The molecule has 0 bridgehead atoms. The normalized spacial score (nSPS) is 11.3. The van der Waals surface area contributed by atoms with Crippen molar-refractivity contribution < 1.29 is 14.6 Å². The number of methoxy groups -OCH3 is 1. The van der Waals surface area contributed by atoms with Gasteiger partial charge in [0.05, 0.1) is 29.7 Å². The Morgan fingerprint density at radius 2 is 1.81 bits per heavy atom. The van der Waals surface area contributed by atoms with Gasteiger partial charge in [0, 0.05) is 11.5 Å². The molecule has 0 spiro atoms. The Balaban J connectivity index is 2.09. The average molecular weight is 365 g/mol. The number of carbonyl (C=O) groups is 1. The highest BCUT2D eigenvalue weighted by Gasteiger charge is 2.21. The van der Waals surface area contributed by atoms with Gasteiger partial charge in [-0.25, -0.2) is 9.48 Å². The summed E-state index contributed by atoms with van der Waals surface area (Å²) in [7, 11) is 1.51. The fraction of sp³-hybridized carbons (Fsp3) is 0.238. The van der Waals surface area contributed by atoms with Crippen molar-refractivity contribution in [3.05, 3.63) is 65.9 Å². The second-order valence-electron chi connectivity index (χ2n) is 7.25. The first-order valence-electron chi connectivity index (χ1n) is 8.64. The fourth-order valence-corrected chi connectivity index (χ4v) is 2.68. The number of carboxylic acid groups (broad SMARTS) is 1. The molecule has 0 atom stereocenters. The zero-order chi connectivity index (χ0) is 19.6. The van der Waals surface area contributed by atoms with Gasteiger partial charge >= 0.3 is 5.97 Å². The van der Waals surface area contributed by atoms with Crippen LogP contribution < -0.4 is 10.1 Å². The number of anilines is 2. The molecule has 0 saturated carbocycles. The third-order valence-corrected chi connectivity index (χ3v) is 4.20. The smallest absolute Gasteiger partial charge is 0.337 e. The van der Waals surface area contributed by atoms with E-state index in [2.05, 4.69) is 26.1 Å². The van der Waals surface area contributed by atoms with Crippen LogP contribution in [-0.4, -0.2) is 28.0 Å². The highest BCUT2D eigenvalue weighted by Crippen LogP contribution is 2.30. The summed E-state index contributed by atoms with van der Waals surface area (Å²) in [6.07, 6.45) is 0. The summed E-state index contributed by atoms with van der Waals surface area (Å²) in [5, 5.41) is 17.5. The molecule has 2 N–H and O–H groups in total. The van der Waals surface area contributed by atoms with Crippen molar-refractivity contribution in [1.29, 1.82) is 0 Å². The molecule has 0 radical (unpaired) electrons. The highest BCUT2D eigenvalue weighted by molar-refractivity contribution is 5.95. The van der Waals surface area contributed by atoms with E-state index in [4.69, 9.17) is 9.84 Å². The van der Waals surface area contributed by atoms with Crippen molar-refractivity contribution in [2.45, 2.75) is 26.2 Å². The standard InChI is InChI=1S/C21H23N3O3/c1-21(2,3)18-13-19(24(23-18)14-8-6-5-7-9-14)22-17-11-10-15(27-4)12-16(17)20(25)26/h5-13,22H,1-4H3,(H,25,26). The van der Waals surface area contributed by atoms with Crippen molar-refractivity contribution in [3.63, 3.8) is 0 Å². The Morgan fingerprint density at radius 1 is 1.11 bits per heavy atom. The molecule has 6 nitrogen and oxygen atoms in total. The van der Waals surface area contributed by atoms with E-state index in [9.17, 15) is 9.90 Å². The van der Waals surface area contributed by atoms with Crippen LogP contribution in [0.1, 0.15) is 36.8 Å². The summed E-state index contributed by atoms with van der Waals surface area (Å²) in [6, 6.07) is 16.6. The first kappa shape index (κ1) is 18.5. The van der Waals surface area contributed by atoms with Gasteiger partial charge in [-0.2, -0.15) is 5.10 Å². The molecule has 3 aromatic rings. The van der Waals surface area contributed by atoms with Gasteiger partial charge in [-0.05, 0) is 30.3 Å². The molecule has 0 aliphatic heterocycles. The number of nitrogens with one attached hydrogen (secondary N) is 1. The molecule has 140 valence electrons. The lowest BCUT2D eigenvalue weighted by Gasteiger charge is -2.14. The van der Waals surface area contributed by atoms with Crippen LogP contribution >= 0.6 is 0 Å². The molecular weight excluding hydrogens is 342 g/mol. The van der Waals surface area contributed by atoms with Crippen LogP contribution in [0.3, 0.4) is 0 Å². The van der Waals surface area contributed by atoms with Gasteiger partial charge in [0.15, 0.2) is 0 Å². The van der Waals surface area contributed by atoms with E-state index in [0.29, 0.717) is 17.3 Å². The molecule has 3 rings (SSSR count). The van der Waals surface area contributed by atoms with Crippen molar-refractivity contribution >= 4 is 17.5 Å². The highest BCUT2D eigenvalue weighted by atomic mass is 16.5. The van der Waals surface area contributed by atoms with Crippen LogP contribution in [0.4, 0.5) is 11.5 Å². The summed E-state index contributed by atoms with van der Waals surface area (Å²) >= 11 is 0. The minimum absolute atomic E-state index is 0.132. The maximum Gasteiger partial charge on any atom is 0.337 e. The van der Waals surface area contributed by atoms with Crippen molar-refractivity contribution in [2.75, 3.05) is 12.4 Å². The van der Waals surface area contributed by atoms with Crippen LogP contribution in [-0.2, 0) is 5.41 Å². The second kappa shape index (κ2) is 7.15. The van der Waals surface area contributed by atoms with Gasteiger partial charge in [-0.1, -0.05) is 39.0 Å². The van der Waals surface area contributed by atoms with Crippen LogP contribution in [0.5, 0.6) is 5.75 Å². The number of carboxylic acids is 1. The number of hydrogen-bond acceptors (Lipinski definition) is 4. The minimum Gasteiger partial charge on any atom is -0.497 e. The van der Waals surface area contributed by atoms with E-state index >= 15 is 0 Å². The van der Waals surface area contributed by atoms with Gasteiger partial charge < -0.3 is 15.2 Å². The number of benzene rings is 2. The average Bonchev–Trinajstić information content (AvgIpc) is 3.07. The van der Waals surface area contributed by atoms with Gasteiger partial charge in [-0.15, -0.1) is 0 Å². The predicted molar refractivity (Wildman–Crippen MR) is 106 cm³/mol. The van der Waals surface area contributed by atoms with Crippen molar-refractivity contribution in [1.82, 2.24) is 9.78 Å². The molecule has 1 aromatic heterocycles. The summed E-state index contributed by atoms with van der Waals surface area (Å²) in [6.45, 7) is 6.26. The zero-order valence-electron chi connectivity index (χ0n) is 15.9. The van der Waals surface area contributed by atoms with E-state index in [1.165, 1.54) is 13.2 Å². The summed E-state index contributed by atoms with van der Waals surface area (Å²) in [5.41, 5.74) is 2.25. The second-order valence-corrected chi connectivity index (χ2v) is 7.25. The predicted octanol–water partition coefficient (Wildman–Crippen LogP) is 4.62. The van der Waals surface area contributed by atoms with Crippen LogP contribution in [0, 0.1) is 0 Å². The molecule has 0 fully saturated rings. The molecule has 0 saturated heterocycles. The van der Waals surface area contributed by atoms with E-state index in [1.54, 1.807) is 16.8 Å². The molecule has 0 amide bonds. The van der Waals surface area contributed by atoms with Crippen molar-refractivity contribution in [2.24, 2.45) is 0 Å². The number of nitrogens with zero attached hydrogens (tertiary/aromatic N) is 2. The third kappa shape index (κ3) is 3.95. The summed E-state index contributed by atoms with van der Waals surface area (Å²) in [4.78, 5) is 11.7. The van der Waals surface area contributed by atoms with Gasteiger partial charge in [0.2, 0.25) is 0 Å². The van der Waals surface area contributed by atoms with Gasteiger partial charge in [0.25, 0.3) is 0 Å². The molecular formula is C21H23N3O3. The zero-order valence-corrected chi connectivity index (χ0v) is 15.9. The van der Waals surface area contributed by atoms with E-state index in [-0.39, 0.29) is 11.0 Å². The molecule has 6 heteroatoms. The summed E-state index contributed by atoms with van der Waals surface area (Å²) < 4.78 is 6.93. The maximum absolute atomic E-state index is 11.7. The van der Waals surface area contributed by atoms with Crippen LogP contribution in [0.15, 0.2) is 54.6 Å². The van der Waals surface area contributed by atoms with Crippen molar-refractivity contribution in [3.8, 4) is 11.4 Å². The quantitative estimate of drug-likeness (QED) is 0.690. The van der Waals surface area contributed by atoms with E-state index in [1.807, 2.05) is 36.4 Å². The first-order chi connectivity index (χ1) is 12.8. The number of ether oxygens (including phenoxy) is 1.